The molecule has 0 amide bonds. The van der Waals surface area contributed by atoms with Gasteiger partial charge in [-0.2, -0.15) is 23.3 Å². The number of aromatic nitrogens is 5. The summed E-state index contributed by atoms with van der Waals surface area (Å²) in [5.41, 5.74) is 1.77. The summed E-state index contributed by atoms with van der Waals surface area (Å²) in [6.45, 7) is 1.30. The van der Waals surface area contributed by atoms with Gasteiger partial charge in [-0.25, -0.2) is 18.4 Å². The van der Waals surface area contributed by atoms with E-state index >= 15 is 0 Å². The number of aryl methyl sites for hydroxylation is 1. The molecule has 0 radical (unpaired) electrons. The molecule has 0 aliphatic carbocycles. The number of nitrogens with zero attached hydrogens (tertiary/aromatic N) is 4. The molecule has 10 nitrogen and oxygen atoms in total. The van der Waals surface area contributed by atoms with Crippen molar-refractivity contribution < 1.29 is 26.7 Å². The number of hydrogen-bond donors (Lipinski definition) is 4. The molecule has 2 aromatic heterocycles. The van der Waals surface area contributed by atoms with Gasteiger partial charge in [0.15, 0.2) is 15.7 Å². The van der Waals surface area contributed by atoms with Crippen molar-refractivity contribution in [2.75, 3.05) is 23.5 Å². The lowest BCUT2D eigenvalue weighted by Crippen LogP contribution is -2.17. The predicted octanol–water partition coefficient (Wildman–Crippen LogP) is 3.88. The third-order valence-corrected chi connectivity index (χ3v) is 6.57. The van der Waals surface area contributed by atoms with Gasteiger partial charge in [0.2, 0.25) is 11.8 Å². The monoisotopic (exact) mass is 533 g/mol. The van der Waals surface area contributed by atoms with Gasteiger partial charge in [0, 0.05) is 18.1 Å². The number of aliphatic hydroxyl groups excluding tert-OH is 1. The van der Waals surface area contributed by atoms with Crippen LogP contribution in [0.4, 0.5) is 30.6 Å². The topological polar surface area (TPSA) is 146 Å². The maximum atomic E-state index is 13.1. The number of hydrogen-bond acceptors (Lipinski definition) is 9. The third kappa shape index (κ3) is 6.03. The van der Waals surface area contributed by atoms with Crippen LogP contribution in [0, 0.1) is 6.92 Å². The molecule has 0 fully saturated rings. The molecule has 4 N–H and O–H groups in total. The molecule has 2 aromatic carbocycles. The van der Waals surface area contributed by atoms with E-state index < -0.39 is 27.9 Å². The summed E-state index contributed by atoms with van der Waals surface area (Å²) < 4.78 is 63.0. The summed E-state index contributed by atoms with van der Waals surface area (Å²) in [7, 11) is -3.41. The van der Waals surface area contributed by atoms with Crippen molar-refractivity contribution in [1.82, 2.24) is 25.1 Å². The lowest BCUT2D eigenvalue weighted by molar-refractivity contribution is -0.144. The van der Waals surface area contributed by atoms with E-state index in [-0.39, 0.29) is 34.7 Å². The Morgan fingerprint density at radius 1 is 1.11 bits per heavy atom. The van der Waals surface area contributed by atoms with Gasteiger partial charge in [0.1, 0.15) is 5.82 Å². The van der Waals surface area contributed by atoms with Crippen molar-refractivity contribution in [1.29, 1.82) is 0 Å². The Bertz CT molecular complexity index is 1510. The van der Waals surface area contributed by atoms with Crippen LogP contribution < -0.4 is 10.6 Å². The second kappa shape index (κ2) is 10.1. The maximum Gasteiger partial charge on any atom is 0.451 e. The van der Waals surface area contributed by atoms with E-state index in [0.717, 1.165) is 6.26 Å². The zero-order valence-corrected chi connectivity index (χ0v) is 20.4. The molecule has 194 valence electrons. The van der Waals surface area contributed by atoms with E-state index in [1.54, 1.807) is 49.4 Å². The zero-order chi connectivity index (χ0) is 26.8. The highest BCUT2D eigenvalue weighted by Crippen LogP contribution is 2.32. The van der Waals surface area contributed by atoms with Crippen LogP contribution in [-0.2, 0) is 16.0 Å². The Hall–Kier alpha value is -4.04. The first kappa shape index (κ1) is 26.0. The van der Waals surface area contributed by atoms with Gasteiger partial charge in [0.05, 0.1) is 23.1 Å². The number of H-pyrrole nitrogens is 1. The molecule has 0 spiro atoms. The molecule has 2 heterocycles. The molecule has 0 bridgehead atoms. The van der Waals surface area contributed by atoms with Crippen LogP contribution in [-0.4, -0.2) is 51.5 Å². The van der Waals surface area contributed by atoms with Gasteiger partial charge in [-0.3, -0.25) is 5.10 Å². The van der Waals surface area contributed by atoms with E-state index in [0.29, 0.717) is 16.8 Å². The number of halogens is 3. The Balaban J connectivity index is 1.72. The molecule has 14 heteroatoms. The average Bonchev–Trinajstić information content (AvgIpc) is 3.33. The standard InChI is InChI=1S/C23H22F3N7O3S/c1-13-10-15(8-9-18(13)37(2,35)36)28-22-27-11-16(20-30-21(33-32-20)23(24,25)26)19(31-22)29-17(12-34)14-6-4-3-5-7-14/h3-11,17,34H,12H2,1-2H3,(H,30,32,33)(H2,27,28,29,31)/t17-/m1/s1. The number of rotatable bonds is 8. The number of aliphatic hydroxyl groups is 1. The second-order valence-corrected chi connectivity index (χ2v) is 10.1. The first-order chi connectivity index (χ1) is 17.5. The summed E-state index contributed by atoms with van der Waals surface area (Å²) in [6, 6.07) is 12.8. The van der Waals surface area contributed by atoms with Crippen LogP contribution in [0.5, 0.6) is 0 Å². The highest BCUT2D eigenvalue weighted by atomic mass is 32.2. The molecule has 4 rings (SSSR count). The fourth-order valence-electron chi connectivity index (χ4n) is 3.58. The lowest BCUT2D eigenvalue weighted by atomic mass is 10.1. The predicted molar refractivity (Wildman–Crippen MR) is 130 cm³/mol. The molecule has 0 saturated heterocycles. The molecule has 0 saturated carbocycles. The number of alkyl halides is 3. The molecular weight excluding hydrogens is 511 g/mol. The van der Waals surface area contributed by atoms with E-state index in [2.05, 4.69) is 30.7 Å². The molecule has 0 aliphatic rings. The summed E-state index contributed by atoms with van der Waals surface area (Å²) in [4.78, 5) is 12.3. The summed E-state index contributed by atoms with van der Waals surface area (Å²) in [5.74, 6) is -1.44. The van der Waals surface area contributed by atoms with Crippen molar-refractivity contribution >= 4 is 27.3 Å². The Morgan fingerprint density at radius 2 is 1.84 bits per heavy atom. The normalized spacial score (nSPS) is 12.8. The largest absolute Gasteiger partial charge is 0.451 e. The summed E-state index contributed by atoms with van der Waals surface area (Å²) in [5, 5.41) is 21.5. The SMILES string of the molecule is Cc1cc(Nc2ncc(-c3n[nH]c(C(F)(F)F)n3)c(N[C@H](CO)c3ccccc3)n2)ccc1S(C)(=O)=O. The third-order valence-electron chi connectivity index (χ3n) is 5.31. The first-order valence-corrected chi connectivity index (χ1v) is 12.7. The van der Waals surface area contributed by atoms with Crippen molar-refractivity contribution in [3.8, 4) is 11.4 Å². The van der Waals surface area contributed by atoms with Gasteiger partial charge in [0.25, 0.3) is 0 Å². The van der Waals surface area contributed by atoms with E-state index in [4.69, 9.17) is 0 Å². The number of nitrogens with one attached hydrogen (secondary N) is 3. The molecule has 4 aromatic rings. The Labute approximate surface area is 209 Å². The molecule has 1 atom stereocenters. The minimum atomic E-state index is -4.73. The van der Waals surface area contributed by atoms with E-state index in [1.807, 2.05) is 5.10 Å². The average molecular weight is 534 g/mol. The number of anilines is 3. The van der Waals surface area contributed by atoms with Gasteiger partial charge >= 0.3 is 6.18 Å². The van der Waals surface area contributed by atoms with Gasteiger partial charge in [-0.1, -0.05) is 30.3 Å². The van der Waals surface area contributed by atoms with Crippen LogP contribution in [0.2, 0.25) is 0 Å². The molecule has 37 heavy (non-hydrogen) atoms. The van der Waals surface area contributed by atoms with Crippen molar-refractivity contribution in [3.05, 3.63) is 71.7 Å². The number of sulfone groups is 1. The first-order valence-electron chi connectivity index (χ1n) is 10.8. The van der Waals surface area contributed by atoms with E-state index in [1.165, 1.54) is 12.3 Å². The van der Waals surface area contributed by atoms with Gasteiger partial charge in [-0.15, -0.1) is 0 Å². The highest BCUT2D eigenvalue weighted by Gasteiger charge is 2.35. The van der Waals surface area contributed by atoms with Gasteiger partial charge < -0.3 is 15.7 Å². The zero-order valence-electron chi connectivity index (χ0n) is 19.6. The Morgan fingerprint density at radius 3 is 2.43 bits per heavy atom. The minimum absolute atomic E-state index is 0.0640. The highest BCUT2D eigenvalue weighted by molar-refractivity contribution is 7.90. The maximum absolute atomic E-state index is 13.1. The number of benzene rings is 2. The smallest absolute Gasteiger partial charge is 0.394 e. The van der Waals surface area contributed by atoms with E-state index in [9.17, 15) is 26.7 Å². The van der Waals surface area contributed by atoms with Crippen LogP contribution in [0.15, 0.2) is 59.6 Å². The van der Waals surface area contributed by atoms with Crippen LogP contribution in [0.25, 0.3) is 11.4 Å². The fraction of sp³-hybridized carbons (Fsp3) is 0.217. The second-order valence-electron chi connectivity index (χ2n) is 8.13. The van der Waals surface area contributed by atoms with Crippen molar-refractivity contribution in [3.63, 3.8) is 0 Å². The van der Waals surface area contributed by atoms with Crippen molar-refractivity contribution in [2.24, 2.45) is 0 Å². The quantitative estimate of drug-likeness (QED) is 0.265. The van der Waals surface area contributed by atoms with Crippen molar-refractivity contribution in [2.45, 2.75) is 24.0 Å². The Kier molecular flexibility index (Phi) is 7.14. The number of aromatic amines is 1. The minimum Gasteiger partial charge on any atom is -0.394 e. The summed E-state index contributed by atoms with van der Waals surface area (Å²) >= 11 is 0. The lowest BCUT2D eigenvalue weighted by Gasteiger charge is -2.19. The van der Waals surface area contributed by atoms with Crippen LogP contribution in [0.3, 0.4) is 0 Å². The fourth-order valence-corrected chi connectivity index (χ4v) is 4.54. The molecular formula is C23H22F3N7O3S. The van der Waals surface area contributed by atoms with Crippen LogP contribution in [0.1, 0.15) is 23.0 Å². The van der Waals surface area contributed by atoms with Gasteiger partial charge in [-0.05, 0) is 36.2 Å². The summed E-state index contributed by atoms with van der Waals surface area (Å²) in [6.07, 6.45) is -2.37. The van der Waals surface area contributed by atoms with Crippen LogP contribution >= 0.6 is 0 Å². The molecule has 0 unspecified atom stereocenters. The molecule has 0 aliphatic heterocycles.